The van der Waals surface area contributed by atoms with Crippen molar-refractivity contribution in [2.24, 2.45) is 0 Å². The minimum Gasteiger partial charge on any atom is -0.361 e. The summed E-state index contributed by atoms with van der Waals surface area (Å²) in [6.07, 6.45) is 1.91. The normalized spacial score (nSPS) is 10.4. The second-order valence-corrected chi connectivity index (χ2v) is 4.26. The predicted molar refractivity (Wildman–Crippen MR) is 60.4 cm³/mol. The lowest BCUT2D eigenvalue weighted by molar-refractivity contribution is -0.115. The van der Waals surface area contributed by atoms with E-state index in [1.807, 2.05) is 12.3 Å². The molecule has 2 aromatic heterocycles. The standard InChI is InChI=1S/C10H11N3O2S/c1-6-8(7(2)15-13-6)5-9(14)12-10-11-3-4-16-10/h3-4H,5H2,1-2H3,(H,11,12,14). The van der Waals surface area contributed by atoms with Crippen molar-refractivity contribution >= 4 is 22.4 Å². The maximum absolute atomic E-state index is 11.7. The van der Waals surface area contributed by atoms with Crippen molar-refractivity contribution < 1.29 is 9.32 Å². The predicted octanol–water partition coefficient (Wildman–Crippen LogP) is 1.93. The monoisotopic (exact) mass is 237 g/mol. The molecular weight excluding hydrogens is 226 g/mol. The smallest absolute Gasteiger partial charge is 0.230 e. The largest absolute Gasteiger partial charge is 0.361 e. The van der Waals surface area contributed by atoms with Gasteiger partial charge in [-0.3, -0.25) is 4.79 Å². The Labute approximate surface area is 96.5 Å². The summed E-state index contributed by atoms with van der Waals surface area (Å²) in [7, 11) is 0. The van der Waals surface area contributed by atoms with Gasteiger partial charge in [0, 0.05) is 17.1 Å². The summed E-state index contributed by atoms with van der Waals surface area (Å²) >= 11 is 1.39. The van der Waals surface area contributed by atoms with E-state index in [4.69, 9.17) is 4.52 Å². The Balaban J connectivity index is 2.03. The topological polar surface area (TPSA) is 68.0 Å². The van der Waals surface area contributed by atoms with Gasteiger partial charge in [0.2, 0.25) is 5.91 Å². The lowest BCUT2D eigenvalue weighted by atomic mass is 10.1. The lowest BCUT2D eigenvalue weighted by Crippen LogP contribution is -2.14. The van der Waals surface area contributed by atoms with Crippen molar-refractivity contribution in [3.8, 4) is 0 Å². The zero-order chi connectivity index (χ0) is 11.5. The third kappa shape index (κ3) is 2.27. The van der Waals surface area contributed by atoms with E-state index in [0.29, 0.717) is 10.9 Å². The number of hydrogen-bond donors (Lipinski definition) is 1. The number of nitrogens with one attached hydrogen (secondary N) is 1. The molecule has 2 rings (SSSR count). The van der Waals surface area contributed by atoms with Crippen LogP contribution < -0.4 is 5.32 Å². The maximum Gasteiger partial charge on any atom is 0.230 e. The van der Waals surface area contributed by atoms with Gasteiger partial charge in [-0.2, -0.15) is 0 Å². The van der Waals surface area contributed by atoms with Crippen molar-refractivity contribution in [1.29, 1.82) is 0 Å². The van der Waals surface area contributed by atoms with Gasteiger partial charge in [0.15, 0.2) is 5.13 Å². The molecule has 0 saturated carbocycles. The Hall–Kier alpha value is -1.69. The maximum atomic E-state index is 11.7. The molecule has 0 bridgehead atoms. The van der Waals surface area contributed by atoms with E-state index in [2.05, 4.69) is 15.5 Å². The van der Waals surface area contributed by atoms with Crippen molar-refractivity contribution in [3.05, 3.63) is 28.6 Å². The number of aromatic nitrogens is 2. The molecule has 0 saturated heterocycles. The fourth-order valence-corrected chi connectivity index (χ4v) is 1.91. The fourth-order valence-electron chi connectivity index (χ4n) is 1.36. The van der Waals surface area contributed by atoms with Gasteiger partial charge in [0.1, 0.15) is 5.76 Å². The molecule has 0 aliphatic heterocycles. The van der Waals surface area contributed by atoms with Gasteiger partial charge < -0.3 is 9.84 Å². The molecule has 0 atom stereocenters. The number of thiazole rings is 1. The average molecular weight is 237 g/mol. The van der Waals surface area contributed by atoms with Gasteiger partial charge >= 0.3 is 0 Å². The molecular formula is C10H11N3O2S. The van der Waals surface area contributed by atoms with Crippen molar-refractivity contribution in [3.63, 3.8) is 0 Å². The molecule has 16 heavy (non-hydrogen) atoms. The summed E-state index contributed by atoms with van der Waals surface area (Å²) < 4.78 is 4.99. The number of amides is 1. The SMILES string of the molecule is Cc1noc(C)c1CC(=O)Nc1nccs1. The minimum absolute atomic E-state index is 0.107. The first-order chi connectivity index (χ1) is 7.66. The molecule has 0 fully saturated rings. The molecule has 2 aromatic rings. The third-order valence-corrected chi connectivity index (χ3v) is 2.89. The highest BCUT2D eigenvalue weighted by Gasteiger charge is 2.13. The quantitative estimate of drug-likeness (QED) is 0.885. The van der Waals surface area contributed by atoms with Gasteiger partial charge in [0.25, 0.3) is 0 Å². The van der Waals surface area contributed by atoms with E-state index in [9.17, 15) is 4.79 Å². The van der Waals surface area contributed by atoms with Crippen LogP contribution in [0.5, 0.6) is 0 Å². The zero-order valence-corrected chi connectivity index (χ0v) is 9.80. The van der Waals surface area contributed by atoms with Crippen LogP contribution in [0.1, 0.15) is 17.0 Å². The van der Waals surface area contributed by atoms with Crippen molar-refractivity contribution in [1.82, 2.24) is 10.1 Å². The molecule has 0 aromatic carbocycles. The first-order valence-electron chi connectivity index (χ1n) is 4.78. The fraction of sp³-hybridized carbons (Fsp3) is 0.300. The van der Waals surface area contributed by atoms with Crippen LogP contribution in [0.4, 0.5) is 5.13 Å². The van der Waals surface area contributed by atoms with E-state index in [0.717, 1.165) is 11.3 Å². The third-order valence-electron chi connectivity index (χ3n) is 2.20. The van der Waals surface area contributed by atoms with Crippen LogP contribution in [0, 0.1) is 13.8 Å². The molecule has 0 unspecified atom stereocenters. The Bertz CT molecular complexity index is 471. The minimum atomic E-state index is -0.107. The van der Waals surface area contributed by atoms with E-state index in [-0.39, 0.29) is 12.3 Å². The van der Waals surface area contributed by atoms with Gasteiger partial charge in [0.05, 0.1) is 12.1 Å². The van der Waals surface area contributed by atoms with E-state index < -0.39 is 0 Å². The van der Waals surface area contributed by atoms with Crippen LogP contribution in [0.25, 0.3) is 0 Å². The Morgan fingerprint density at radius 1 is 1.56 bits per heavy atom. The number of hydrogen-bond acceptors (Lipinski definition) is 5. The summed E-state index contributed by atoms with van der Waals surface area (Å²) in [4.78, 5) is 15.6. The molecule has 84 valence electrons. The van der Waals surface area contributed by atoms with Gasteiger partial charge in [-0.15, -0.1) is 11.3 Å². The van der Waals surface area contributed by atoms with Crippen LogP contribution >= 0.6 is 11.3 Å². The second kappa shape index (κ2) is 4.44. The molecule has 0 spiro atoms. The second-order valence-electron chi connectivity index (χ2n) is 3.36. The van der Waals surface area contributed by atoms with Crippen molar-refractivity contribution in [2.45, 2.75) is 20.3 Å². The van der Waals surface area contributed by atoms with Gasteiger partial charge in [-0.05, 0) is 13.8 Å². The van der Waals surface area contributed by atoms with Crippen LogP contribution in [-0.4, -0.2) is 16.0 Å². The number of carbonyl (C=O) groups is 1. The van der Waals surface area contributed by atoms with E-state index in [1.54, 1.807) is 13.1 Å². The van der Waals surface area contributed by atoms with Gasteiger partial charge in [-0.25, -0.2) is 4.98 Å². The molecule has 1 N–H and O–H groups in total. The first kappa shape index (κ1) is 10.8. The highest BCUT2D eigenvalue weighted by Crippen LogP contribution is 2.15. The van der Waals surface area contributed by atoms with Crippen molar-refractivity contribution in [2.75, 3.05) is 5.32 Å². The molecule has 1 amide bonds. The highest BCUT2D eigenvalue weighted by molar-refractivity contribution is 7.13. The van der Waals surface area contributed by atoms with Gasteiger partial charge in [-0.1, -0.05) is 5.16 Å². The Kier molecular flexibility index (Phi) is 3.00. The number of nitrogens with zero attached hydrogens (tertiary/aromatic N) is 2. The van der Waals surface area contributed by atoms with Crippen LogP contribution in [0.2, 0.25) is 0 Å². The molecule has 2 heterocycles. The molecule has 0 radical (unpaired) electrons. The Morgan fingerprint density at radius 3 is 2.94 bits per heavy atom. The summed E-state index contributed by atoms with van der Waals surface area (Å²) in [5.41, 5.74) is 1.60. The highest BCUT2D eigenvalue weighted by atomic mass is 32.1. The summed E-state index contributed by atoms with van der Waals surface area (Å²) in [5.74, 6) is 0.580. The number of anilines is 1. The van der Waals surface area contributed by atoms with Crippen LogP contribution in [-0.2, 0) is 11.2 Å². The summed E-state index contributed by atoms with van der Waals surface area (Å²) in [6, 6.07) is 0. The number of aryl methyl sites for hydroxylation is 2. The first-order valence-corrected chi connectivity index (χ1v) is 5.66. The molecule has 0 aliphatic carbocycles. The Morgan fingerprint density at radius 2 is 2.38 bits per heavy atom. The number of carbonyl (C=O) groups excluding carboxylic acids is 1. The van der Waals surface area contributed by atoms with E-state index in [1.165, 1.54) is 11.3 Å². The molecule has 5 nitrogen and oxygen atoms in total. The zero-order valence-electron chi connectivity index (χ0n) is 8.98. The summed E-state index contributed by atoms with van der Waals surface area (Å²) in [6.45, 7) is 3.62. The number of rotatable bonds is 3. The molecule has 0 aliphatic rings. The average Bonchev–Trinajstić information content (AvgIpc) is 2.83. The van der Waals surface area contributed by atoms with Crippen LogP contribution in [0.15, 0.2) is 16.1 Å². The lowest BCUT2D eigenvalue weighted by Gasteiger charge is -2.00. The molecule has 6 heteroatoms. The van der Waals surface area contributed by atoms with Crippen LogP contribution in [0.3, 0.4) is 0 Å². The summed E-state index contributed by atoms with van der Waals surface area (Å²) in [5, 5.41) is 8.93. The van der Waals surface area contributed by atoms with E-state index >= 15 is 0 Å².